The third-order valence-electron chi connectivity index (χ3n) is 6.60. The number of aliphatic hydroxyl groups is 1. The molecule has 2 atom stereocenters. The number of unbranched alkanes of at least 4 members (excludes halogenated alkanes) is 12. The van der Waals surface area contributed by atoms with E-state index in [1.165, 1.54) is 70.6 Å². The highest BCUT2D eigenvalue weighted by Crippen LogP contribution is 2.17. The minimum Gasteiger partial charge on any atom is -0.386 e. The number of aromatic nitrogens is 1. The standard InChI is InChI=1S/C30H46N2O2/c1-27(30(34)28-21-15-13-16-22-28)31-29(33)23-17-11-9-7-5-3-2-4-6-8-10-12-18-24-32-25-19-14-20-26-32/h13-16,19-22,25-27,30,34H,2-12,17-18,23-24H2,1H3/p+1/t27-,30-/m0/s1. The number of carbonyl (C=O) groups is 1. The maximum absolute atomic E-state index is 12.1. The van der Waals surface area contributed by atoms with Crippen molar-refractivity contribution in [2.45, 2.75) is 116 Å². The van der Waals surface area contributed by atoms with Crippen LogP contribution >= 0.6 is 0 Å². The van der Waals surface area contributed by atoms with Crippen molar-refractivity contribution < 1.29 is 14.5 Å². The first kappa shape index (κ1) is 28.0. The van der Waals surface area contributed by atoms with Crippen LogP contribution in [0.25, 0.3) is 0 Å². The lowest BCUT2D eigenvalue weighted by atomic mass is 10.0. The highest BCUT2D eigenvalue weighted by Gasteiger charge is 2.17. The first-order valence-corrected chi connectivity index (χ1v) is 13.6. The van der Waals surface area contributed by atoms with Crippen LogP contribution < -0.4 is 9.88 Å². The predicted molar refractivity (Wildman–Crippen MR) is 140 cm³/mol. The van der Waals surface area contributed by atoms with Crippen LogP contribution in [0.3, 0.4) is 0 Å². The zero-order valence-corrected chi connectivity index (χ0v) is 21.3. The van der Waals surface area contributed by atoms with E-state index < -0.39 is 6.10 Å². The summed E-state index contributed by atoms with van der Waals surface area (Å²) in [4.78, 5) is 12.1. The van der Waals surface area contributed by atoms with Gasteiger partial charge in [0, 0.05) is 25.0 Å². The summed E-state index contributed by atoms with van der Waals surface area (Å²) in [6.07, 6.45) is 20.9. The summed E-state index contributed by atoms with van der Waals surface area (Å²) < 4.78 is 2.27. The van der Waals surface area contributed by atoms with Crippen LogP contribution in [-0.4, -0.2) is 17.1 Å². The number of hydrogen-bond donors (Lipinski definition) is 2. The normalized spacial score (nSPS) is 12.9. The third-order valence-corrected chi connectivity index (χ3v) is 6.60. The number of nitrogens with zero attached hydrogens (tertiary/aromatic N) is 1. The number of aliphatic hydroxyl groups excluding tert-OH is 1. The molecule has 2 aromatic rings. The second-order valence-corrected chi connectivity index (χ2v) is 9.67. The van der Waals surface area contributed by atoms with Crippen LogP contribution in [0, 0.1) is 0 Å². The van der Waals surface area contributed by atoms with Crippen molar-refractivity contribution in [1.29, 1.82) is 0 Å². The van der Waals surface area contributed by atoms with Gasteiger partial charge < -0.3 is 10.4 Å². The predicted octanol–water partition coefficient (Wildman–Crippen LogP) is 6.67. The first-order valence-electron chi connectivity index (χ1n) is 13.6. The van der Waals surface area contributed by atoms with Crippen LogP contribution in [0.5, 0.6) is 0 Å². The van der Waals surface area contributed by atoms with Gasteiger partial charge >= 0.3 is 0 Å². The number of hydrogen-bond acceptors (Lipinski definition) is 2. The summed E-state index contributed by atoms with van der Waals surface area (Å²) in [7, 11) is 0. The summed E-state index contributed by atoms with van der Waals surface area (Å²) in [5.41, 5.74) is 0.841. The van der Waals surface area contributed by atoms with Crippen molar-refractivity contribution in [2.24, 2.45) is 0 Å². The third kappa shape index (κ3) is 12.9. The van der Waals surface area contributed by atoms with E-state index in [0.717, 1.165) is 24.9 Å². The largest absolute Gasteiger partial charge is 0.386 e. The lowest BCUT2D eigenvalue weighted by Gasteiger charge is -2.20. The van der Waals surface area contributed by atoms with Gasteiger partial charge in [0.2, 0.25) is 5.91 Å². The van der Waals surface area contributed by atoms with Crippen LogP contribution in [0.1, 0.15) is 108 Å². The molecule has 188 valence electrons. The van der Waals surface area contributed by atoms with Crippen molar-refractivity contribution in [3.63, 3.8) is 0 Å². The van der Waals surface area contributed by atoms with Gasteiger partial charge in [-0.2, -0.15) is 0 Å². The zero-order chi connectivity index (χ0) is 24.3. The molecule has 2 N–H and O–H groups in total. The lowest BCUT2D eigenvalue weighted by Crippen LogP contribution is -2.36. The average molecular weight is 468 g/mol. The summed E-state index contributed by atoms with van der Waals surface area (Å²) in [6, 6.07) is 15.5. The molecule has 4 heteroatoms. The van der Waals surface area contributed by atoms with Crippen molar-refractivity contribution >= 4 is 5.91 Å². The summed E-state index contributed by atoms with van der Waals surface area (Å²) in [6.45, 7) is 3.00. The van der Waals surface area contributed by atoms with E-state index in [9.17, 15) is 9.90 Å². The van der Waals surface area contributed by atoms with Crippen LogP contribution in [-0.2, 0) is 11.3 Å². The Labute approximate surface area is 207 Å². The van der Waals surface area contributed by atoms with Crippen LogP contribution in [0.15, 0.2) is 60.9 Å². The fourth-order valence-electron chi connectivity index (χ4n) is 4.45. The summed E-state index contributed by atoms with van der Waals surface area (Å²) in [5.74, 6) is 0.0429. The van der Waals surface area contributed by atoms with Gasteiger partial charge in [0.15, 0.2) is 12.4 Å². The van der Waals surface area contributed by atoms with Gasteiger partial charge in [-0.1, -0.05) is 101 Å². The number of amides is 1. The molecule has 1 aromatic carbocycles. The number of carbonyl (C=O) groups excluding carboxylic acids is 1. The van der Waals surface area contributed by atoms with Crippen molar-refractivity contribution in [3.8, 4) is 0 Å². The fourth-order valence-corrected chi connectivity index (χ4v) is 4.45. The Hall–Kier alpha value is -2.20. The number of benzene rings is 1. The number of rotatable bonds is 19. The maximum atomic E-state index is 12.1. The van der Waals surface area contributed by atoms with Gasteiger partial charge in [-0.25, -0.2) is 4.57 Å². The quantitative estimate of drug-likeness (QED) is 0.179. The van der Waals surface area contributed by atoms with Gasteiger partial charge in [-0.15, -0.1) is 0 Å². The topological polar surface area (TPSA) is 53.2 Å². The van der Waals surface area contributed by atoms with Gasteiger partial charge in [-0.05, 0) is 25.3 Å². The molecular weight excluding hydrogens is 420 g/mol. The molecule has 0 aliphatic rings. The molecule has 0 radical (unpaired) electrons. The number of pyridine rings is 1. The molecule has 0 fully saturated rings. The SMILES string of the molecule is C[C@H](NC(=O)CCCCCCCCCCCCCCC[n+]1ccccc1)[C@H](O)c1ccccc1. The van der Waals surface area contributed by atoms with Crippen molar-refractivity contribution in [2.75, 3.05) is 0 Å². The summed E-state index contributed by atoms with van der Waals surface area (Å²) in [5, 5.41) is 13.3. The number of nitrogens with one attached hydrogen (secondary N) is 1. The van der Waals surface area contributed by atoms with Crippen LogP contribution in [0.4, 0.5) is 0 Å². The molecule has 1 aromatic heterocycles. The second kappa shape index (κ2) is 18.2. The van der Waals surface area contributed by atoms with E-state index in [1.807, 2.05) is 37.3 Å². The fraction of sp³-hybridized carbons (Fsp3) is 0.600. The van der Waals surface area contributed by atoms with E-state index in [2.05, 4.69) is 40.5 Å². The van der Waals surface area contributed by atoms with Crippen LogP contribution in [0.2, 0.25) is 0 Å². The molecule has 0 bridgehead atoms. The molecule has 0 aliphatic carbocycles. The van der Waals surface area contributed by atoms with Crippen molar-refractivity contribution in [3.05, 3.63) is 66.5 Å². The van der Waals surface area contributed by atoms with E-state index in [-0.39, 0.29) is 11.9 Å². The Morgan fingerprint density at radius 2 is 1.21 bits per heavy atom. The highest BCUT2D eigenvalue weighted by molar-refractivity contribution is 5.76. The Balaban J connectivity index is 1.32. The molecular formula is C30H47N2O2+. The molecule has 0 saturated carbocycles. The number of aryl methyl sites for hydroxylation is 1. The Kier molecular flexibility index (Phi) is 15.0. The van der Waals surface area contributed by atoms with E-state index in [0.29, 0.717) is 6.42 Å². The highest BCUT2D eigenvalue weighted by atomic mass is 16.3. The minimum absolute atomic E-state index is 0.0429. The van der Waals surface area contributed by atoms with Gasteiger partial charge in [-0.3, -0.25) is 4.79 Å². The molecule has 0 aliphatic heterocycles. The smallest absolute Gasteiger partial charge is 0.220 e. The lowest BCUT2D eigenvalue weighted by molar-refractivity contribution is -0.697. The summed E-state index contributed by atoms with van der Waals surface area (Å²) >= 11 is 0. The van der Waals surface area contributed by atoms with E-state index in [4.69, 9.17) is 0 Å². The van der Waals surface area contributed by atoms with Gasteiger partial charge in [0.1, 0.15) is 6.54 Å². The Morgan fingerprint density at radius 3 is 1.76 bits per heavy atom. The maximum Gasteiger partial charge on any atom is 0.220 e. The molecule has 0 saturated heterocycles. The minimum atomic E-state index is -0.663. The molecule has 4 nitrogen and oxygen atoms in total. The molecule has 0 unspecified atom stereocenters. The van der Waals surface area contributed by atoms with Crippen molar-refractivity contribution in [1.82, 2.24) is 5.32 Å². The Bertz CT molecular complexity index is 751. The Morgan fingerprint density at radius 1 is 0.735 bits per heavy atom. The second-order valence-electron chi connectivity index (χ2n) is 9.67. The molecule has 0 spiro atoms. The molecule has 1 heterocycles. The van der Waals surface area contributed by atoms with Gasteiger partial charge in [0.25, 0.3) is 0 Å². The van der Waals surface area contributed by atoms with E-state index in [1.54, 1.807) is 0 Å². The molecule has 1 amide bonds. The monoisotopic (exact) mass is 467 g/mol. The van der Waals surface area contributed by atoms with E-state index >= 15 is 0 Å². The molecule has 2 rings (SSSR count). The van der Waals surface area contributed by atoms with Gasteiger partial charge in [0.05, 0.1) is 12.1 Å². The molecule has 34 heavy (non-hydrogen) atoms. The first-order chi connectivity index (χ1) is 16.7. The average Bonchev–Trinajstić information content (AvgIpc) is 2.87. The zero-order valence-electron chi connectivity index (χ0n) is 21.3.